The second-order valence-corrected chi connectivity index (χ2v) is 8.10. The van der Waals surface area contributed by atoms with Gasteiger partial charge < -0.3 is 0 Å². The van der Waals surface area contributed by atoms with E-state index in [-0.39, 0.29) is 10.8 Å². The van der Waals surface area contributed by atoms with Crippen LogP contribution in [0, 0.1) is 10.8 Å². The average molecular weight is 290 g/mol. The van der Waals surface area contributed by atoms with Crippen LogP contribution < -0.4 is 0 Å². The molecule has 20 heavy (non-hydrogen) atoms. The summed E-state index contributed by atoms with van der Waals surface area (Å²) in [6, 6.07) is 0. The number of carbonyl (C=O) groups is 1. The highest BCUT2D eigenvalue weighted by Gasteiger charge is 2.38. The monoisotopic (exact) mass is 290 g/mol. The maximum atomic E-state index is 11.5. The summed E-state index contributed by atoms with van der Waals surface area (Å²) in [4.78, 5) is 31.1. The Bertz CT molecular complexity index is 299. The lowest BCUT2D eigenvalue weighted by Gasteiger charge is -2.37. The number of rotatable bonds is 4. The molecule has 0 saturated carbocycles. The number of carbonyl (C=O) groups excluding carboxylic acids is 1. The summed E-state index contributed by atoms with van der Waals surface area (Å²) >= 11 is 0. The molecule has 0 N–H and O–H groups in total. The zero-order valence-corrected chi connectivity index (χ0v) is 14.5. The fourth-order valence-corrected chi connectivity index (χ4v) is 0.540. The van der Waals surface area contributed by atoms with Gasteiger partial charge in [-0.1, -0.05) is 41.5 Å². The Morgan fingerprint density at radius 2 is 0.850 bits per heavy atom. The van der Waals surface area contributed by atoms with Gasteiger partial charge >= 0.3 is 6.16 Å². The van der Waals surface area contributed by atoms with Crippen molar-refractivity contribution in [3.05, 3.63) is 0 Å². The summed E-state index contributed by atoms with van der Waals surface area (Å²) in [6.07, 6.45) is -1.01. The molecule has 0 unspecified atom stereocenters. The predicted molar refractivity (Wildman–Crippen MR) is 76.8 cm³/mol. The molecule has 0 spiro atoms. The Kier molecular flexibility index (Phi) is 5.66. The zero-order chi connectivity index (χ0) is 16.4. The second-order valence-electron chi connectivity index (χ2n) is 8.10. The van der Waals surface area contributed by atoms with Crippen LogP contribution >= 0.6 is 0 Å². The standard InChI is InChI=1S/C15H30O5/c1-12(2,3)14(7,8)19-17-11(16)18-20-15(9,10)13(4,5)6/h1-10H3. The first-order valence-electron chi connectivity index (χ1n) is 6.85. The van der Waals surface area contributed by atoms with Crippen molar-refractivity contribution >= 4 is 6.16 Å². The first-order valence-corrected chi connectivity index (χ1v) is 6.85. The summed E-state index contributed by atoms with van der Waals surface area (Å²) in [5.74, 6) is 0. The van der Waals surface area contributed by atoms with Crippen molar-refractivity contribution in [2.75, 3.05) is 0 Å². The van der Waals surface area contributed by atoms with Crippen LogP contribution in [0.3, 0.4) is 0 Å². The molecule has 0 saturated heterocycles. The van der Waals surface area contributed by atoms with Crippen molar-refractivity contribution in [3.63, 3.8) is 0 Å². The van der Waals surface area contributed by atoms with Gasteiger partial charge in [-0.15, -0.1) is 0 Å². The van der Waals surface area contributed by atoms with Crippen LogP contribution in [0.15, 0.2) is 0 Å². The average Bonchev–Trinajstić information content (AvgIpc) is 2.20. The molecular formula is C15H30O5. The van der Waals surface area contributed by atoms with Gasteiger partial charge in [0.05, 0.1) is 0 Å². The van der Waals surface area contributed by atoms with Gasteiger partial charge in [-0.25, -0.2) is 0 Å². The molecule has 0 atom stereocenters. The van der Waals surface area contributed by atoms with Crippen molar-refractivity contribution in [2.45, 2.75) is 80.4 Å². The summed E-state index contributed by atoms with van der Waals surface area (Å²) in [5.41, 5.74) is -1.69. The maximum Gasteiger partial charge on any atom is 0.573 e. The van der Waals surface area contributed by atoms with E-state index in [1.54, 1.807) is 0 Å². The van der Waals surface area contributed by atoms with Gasteiger partial charge in [-0.2, -0.15) is 14.6 Å². The minimum Gasteiger partial charge on any atom is -0.257 e. The van der Waals surface area contributed by atoms with Crippen LogP contribution in [0.4, 0.5) is 4.79 Å². The van der Waals surface area contributed by atoms with Gasteiger partial charge in [-0.3, -0.25) is 9.78 Å². The van der Waals surface area contributed by atoms with Crippen molar-refractivity contribution in [3.8, 4) is 0 Å². The highest BCUT2D eigenvalue weighted by Crippen LogP contribution is 2.34. The summed E-state index contributed by atoms with van der Waals surface area (Å²) in [7, 11) is 0. The Hall–Kier alpha value is -0.810. The molecule has 5 nitrogen and oxygen atoms in total. The van der Waals surface area contributed by atoms with E-state index in [0.717, 1.165) is 0 Å². The van der Waals surface area contributed by atoms with Gasteiger partial charge in [-0.05, 0) is 38.5 Å². The topological polar surface area (TPSA) is 54.0 Å². The molecule has 0 aromatic rings. The normalized spacial score (nSPS) is 14.1. The molecule has 120 valence electrons. The molecule has 5 heteroatoms. The van der Waals surface area contributed by atoms with Gasteiger partial charge in [0.25, 0.3) is 0 Å². The molecule has 0 aliphatic rings. The molecule has 0 amide bonds. The van der Waals surface area contributed by atoms with E-state index in [9.17, 15) is 4.79 Å². The van der Waals surface area contributed by atoms with E-state index >= 15 is 0 Å². The van der Waals surface area contributed by atoms with Crippen LogP contribution in [0.25, 0.3) is 0 Å². The van der Waals surface area contributed by atoms with Gasteiger partial charge in [0.1, 0.15) is 11.2 Å². The van der Waals surface area contributed by atoms with E-state index < -0.39 is 17.4 Å². The largest absolute Gasteiger partial charge is 0.573 e. The third-order valence-corrected chi connectivity index (χ3v) is 4.25. The lowest BCUT2D eigenvalue weighted by atomic mass is 9.79. The molecule has 0 aliphatic carbocycles. The Labute approximate surface area is 122 Å². The fraction of sp³-hybridized carbons (Fsp3) is 0.933. The highest BCUT2D eigenvalue weighted by molar-refractivity contribution is 5.58. The quantitative estimate of drug-likeness (QED) is 0.557. The second kappa shape index (κ2) is 5.90. The molecule has 0 bridgehead atoms. The SMILES string of the molecule is CC(C)(C)C(C)(C)OOC(=O)OOC(C)(C)C(C)(C)C. The van der Waals surface area contributed by atoms with Crippen LogP contribution in [-0.4, -0.2) is 17.4 Å². The van der Waals surface area contributed by atoms with Crippen molar-refractivity contribution < 1.29 is 24.3 Å². The maximum absolute atomic E-state index is 11.5. The van der Waals surface area contributed by atoms with E-state index in [4.69, 9.17) is 9.78 Å². The minimum atomic E-state index is -1.01. The third-order valence-electron chi connectivity index (χ3n) is 4.25. The summed E-state index contributed by atoms with van der Waals surface area (Å²) in [6.45, 7) is 19.3. The minimum absolute atomic E-state index is 0.196. The molecule has 0 radical (unpaired) electrons. The molecular weight excluding hydrogens is 260 g/mol. The van der Waals surface area contributed by atoms with Crippen LogP contribution in [0.1, 0.15) is 69.2 Å². The number of hydrogen-bond acceptors (Lipinski definition) is 5. The van der Waals surface area contributed by atoms with Crippen molar-refractivity contribution in [1.29, 1.82) is 0 Å². The number of hydrogen-bond donors (Lipinski definition) is 0. The van der Waals surface area contributed by atoms with Gasteiger partial charge in [0.2, 0.25) is 0 Å². The Morgan fingerprint density at radius 3 is 1.05 bits per heavy atom. The molecule has 0 heterocycles. The fourth-order valence-electron chi connectivity index (χ4n) is 0.540. The first-order chi connectivity index (χ1) is 8.60. The first kappa shape index (κ1) is 19.2. The highest BCUT2D eigenvalue weighted by atomic mass is 17.3. The summed E-state index contributed by atoms with van der Waals surface area (Å²) in [5, 5.41) is 0. The van der Waals surface area contributed by atoms with Crippen LogP contribution in [-0.2, 0) is 19.6 Å². The molecule has 0 aromatic heterocycles. The Morgan fingerprint density at radius 1 is 0.600 bits per heavy atom. The van der Waals surface area contributed by atoms with Crippen LogP contribution in [0.2, 0.25) is 0 Å². The lowest BCUT2D eigenvalue weighted by Crippen LogP contribution is -2.41. The van der Waals surface area contributed by atoms with Gasteiger partial charge in [0.15, 0.2) is 0 Å². The molecule has 0 fully saturated rings. The van der Waals surface area contributed by atoms with Crippen LogP contribution in [0.5, 0.6) is 0 Å². The Balaban J connectivity index is 4.35. The van der Waals surface area contributed by atoms with Crippen molar-refractivity contribution in [1.82, 2.24) is 0 Å². The predicted octanol–water partition coefficient (Wildman–Crippen LogP) is 4.65. The van der Waals surface area contributed by atoms with Crippen molar-refractivity contribution in [2.24, 2.45) is 10.8 Å². The third kappa shape index (κ3) is 5.29. The molecule has 0 rings (SSSR count). The van der Waals surface area contributed by atoms with E-state index in [1.165, 1.54) is 0 Å². The van der Waals surface area contributed by atoms with E-state index in [2.05, 4.69) is 9.78 Å². The summed E-state index contributed by atoms with van der Waals surface area (Å²) < 4.78 is 0. The van der Waals surface area contributed by atoms with E-state index in [1.807, 2.05) is 69.2 Å². The lowest BCUT2D eigenvalue weighted by molar-refractivity contribution is -0.392. The smallest absolute Gasteiger partial charge is 0.257 e. The molecule has 0 aliphatic heterocycles. The zero-order valence-electron chi connectivity index (χ0n) is 14.5. The van der Waals surface area contributed by atoms with E-state index in [0.29, 0.717) is 0 Å². The molecule has 0 aromatic carbocycles. The van der Waals surface area contributed by atoms with Gasteiger partial charge in [0, 0.05) is 0 Å².